The molecule has 2 N–H and O–H groups in total. The number of ketones is 2. The normalized spacial score (nSPS) is 52.7. The Morgan fingerprint density at radius 3 is 2.70 bits per heavy atom. The minimum Gasteiger partial charge on any atom is -0.396 e. The number of rotatable bonds is 1. The second-order valence-electron chi connectivity index (χ2n) is 9.01. The Morgan fingerprint density at radius 2 is 1.96 bits per heavy atom. The van der Waals surface area contributed by atoms with Crippen LogP contribution in [0.5, 0.6) is 0 Å². The summed E-state index contributed by atoms with van der Waals surface area (Å²) in [5.41, 5.74) is -0.161. The highest BCUT2D eigenvalue weighted by atomic mass is 16.3. The molecule has 0 radical (unpaired) electrons. The molecule has 23 heavy (non-hydrogen) atoms. The van der Waals surface area contributed by atoms with E-state index in [-0.39, 0.29) is 41.3 Å². The van der Waals surface area contributed by atoms with Gasteiger partial charge in [0, 0.05) is 31.8 Å². The van der Waals surface area contributed by atoms with Crippen LogP contribution in [0.1, 0.15) is 58.3 Å². The summed E-state index contributed by atoms with van der Waals surface area (Å²) in [6, 6.07) is 0. The number of carbonyl (C=O) groups is 2. The van der Waals surface area contributed by atoms with E-state index >= 15 is 0 Å². The monoisotopic (exact) mass is 320 g/mol. The molecular weight excluding hydrogens is 292 g/mol. The molecule has 0 aromatic rings. The van der Waals surface area contributed by atoms with Gasteiger partial charge >= 0.3 is 0 Å². The van der Waals surface area contributed by atoms with Crippen LogP contribution >= 0.6 is 0 Å². The molecule has 4 saturated carbocycles. The molecule has 0 spiro atoms. The van der Waals surface area contributed by atoms with Gasteiger partial charge in [0.1, 0.15) is 11.6 Å². The largest absolute Gasteiger partial charge is 0.396 e. The zero-order valence-electron chi connectivity index (χ0n) is 14.0. The van der Waals surface area contributed by atoms with Crippen molar-refractivity contribution < 1.29 is 19.8 Å². The third-order valence-corrected chi connectivity index (χ3v) is 8.11. The van der Waals surface area contributed by atoms with E-state index in [0.29, 0.717) is 49.6 Å². The van der Waals surface area contributed by atoms with Gasteiger partial charge in [0.05, 0.1) is 6.10 Å². The molecule has 0 saturated heterocycles. The van der Waals surface area contributed by atoms with Gasteiger partial charge in [-0.1, -0.05) is 6.92 Å². The predicted octanol–water partition coefficient (Wildman–Crippen LogP) is 2.11. The van der Waals surface area contributed by atoms with Crippen molar-refractivity contribution in [2.24, 2.45) is 34.5 Å². The highest BCUT2D eigenvalue weighted by molar-refractivity contribution is 5.86. The summed E-state index contributed by atoms with van der Waals surface area (Å²) < 4.78 is 0. The van der Waals surface area contributed by atoms with Gasteiger partial charge in [0.15, 0.2) is 0 Å². The number of carbonyl (C=O) groups excluding carboxylic acids is 2. The van der Waals surface area contributed by atoms with Crippen LogP contribution in [0.3, 0.4) is 0 Å². The molecule has 0 aromatic heterocycles. The molecule has 4 nitrogen and oxygen atoms in total. The molecule has 128 valence electrons. The third kappa shape index (κ3) is 2.10. The fourth-order valence-corrected chi connectivity index (χ4v) is 6.81. The van der Waals surface area contributed by atoms with Crippen molar-refractivity contribution in [1.82, 2.24) is 0 Å². The highest BCUT2D eigenvalue weighted by Crippen LogP contribution is 2.65. The van der Waals surface area contributed by atoms with Gasteiger partial charge < -0.3 is 10.2 Å². The van der Waals surface area contributed by atoms with Gasteiger partial charge in [0.25, 0.3) is 0 Å². The Hall–Kier alpha value is -0.740. The van der Waals surface area contributed by atoms with Crippen LogP contribution in [0, 0.1) is 34.5 Å². The molecule has 0 bridgehead atoms. The van der Waals surface area contributed by atoms with E-state index < -0.39 is 0 Å². The van der Waals surface area contributed by atoms with Crippen molar-refractivity contribution in [2.45, 2.75) is 64.4 Å². The number of hydrogen-bond donors (Lipinski definition) is 2. The topological polar surface area (TPSA) is 74.6 Å². The quantitative estimate of drug-likeness (QED) is 0.776. The van der Waals surface area contributed by atoms with Crippen LogP contribution < -0.4 is 0 Å². The molecule has 4 aliphatic rings. The maximum Gasteiger partial charge on any atom is 0.136 e. The lowest BCUT2D eigenvalue weighted by molar-refractivity contribution is -0.159. The molecule has 0 amide bonds. The minimum atomic E-state index is -0.378. The lowest BCUT2D eigenvalue weighted by Crippen LogP contribution is -2.57. The number of aliphatic hydroxyl groups excluding tert-OH is 2. The van der Waals surface area contributed by atoms with Crippen molar-refractivity contribution >= 4 is 11.6 Å². The van der Waals surface area contributed by atoms with Gasteiger partial charge in [-0.25, -0.2) is 0 Å². The van der Waals surface area contributed by atoms with Gasteiger partial charge in [-0.3, -0.25) is 9.59 Å². The molecule has 7 atom stereocenters. The van der Waals surface area contributed by atoms with Gasteiger partial charge in [0.2, 0.25) is 0 Å². The van der Waals surface area contributed by atoms with E-state index in [1.165, 1.54) is 0 Å². The van der Waals surface area contributed by atoms with Gasteiger partial charge in [-0.05, 0) is 60.7 Å². The third-order valence-electron chi connectivity index (χ3n) is 8.11. The van der Waals surface area contributed by atoms with E-state index in [1.807, 2.05) is 0 Å². The van der Waals surface area contributed by atoms with Crippen LogP contribution in [0.2, 0.25) is 0 Å². The molecule has 4 fully saturated rings. The lowest BCUT2D eigenvalue weighted by Gasteiger charge is -2.58. The number of fused-ring (bicyclic) bond motifs is 5. The van der Waals surface area contributed by atoms with Crippen LogP contribution in [-0.4, -0.2) is 34.5 Å². The van der Waals surface area contributed by atoms with Crippen molar-refractivity contribution in [2.75, 3.05) is 6.61 Å². The number of hydrogen-bond acceptors (Lipinski definition) is 4. The molecule has 4 aliphatic carbocycles. The smallest absolute Gasteiger partial charge is 0.136 e. The van der Waals surface area contributed by atoms with Crippen LogP contribution in [0.15, 0.2) is 0 Å². The van der Waals surface area contributed by atoms with Crippen molar-refractivity contribution in [3.8, 4) is 0 Å². The summed E-state index contributed by atoms with van der Waals surface area (Å²) in [5.74, 6) is 1.27. The average Bonchev–Trinajstić information content (AvgIpc) is 2.86. The first kappa shape index (κ1) is 15.8. The summed E-state index contributed by atoms with van der Waals surface area (Å²) in [4.78, 5) is 24.8. The van der Waals surface area contributed by atoms with Crippen molar-refractivity contribution in [3.05, 3.63) is 0 Å². The first-order valence-corrected chi connectivity index (χ1v) is 9.23. The fraction of sp³-hybridized carbons (Fsp3) is 0.895. The summed E-state index contributed by atoms with van der Waals surface area (Å²) in [6.45, 7) is 2.38. The molecular formula is C19H28O4. The molecule has 0 heterocycles. The second-order valence-corrected chi connectivity index (χ2v) is 9.01. The second kappa shape index (κ2) is 5.13. The predicted molar refractivity (Wildman–Crippen MR) is 84.5 cm³/mol. The van der Waals surface area contributed by atoms with E-state index in [9.17, 15) is 19.8 Å². The number of Topliss-reactive ketones (excluding diaryl/α,β-unsaturated/α-hetero) is 2. The van der Waals surface area contributed by atoms with E-state index in [2.05, 4.69) is 6.92 Å². The Labute approximate surface area is 137 Å². The van der Waals surface area contributed by atoms with Crippen LogP contribution in [-0.2, 0) is 9.59 Å². The van der Waals surface area contributed by atoms with E-state index in [1.54, 1.807) is 0 Å². The van der Waals surface area contributed by atoms with Crippen molar-refractivity contribution in [3.63, 3.8) is 0 Å². The molecule has 0 aliphatic heterocycles. The summed E-state index contributed by atoms with van der Waals surface area (Å²) in [6.07, 6.45) is 5.46. The van der Waals surface area contributed by atoms with Gasteiger partial charge in [-0.2, -0.15) is 0 Å². The zero-order valence-corrected chi connectivity index (χ0v) is 14.0. The first-order chi connectivity index (χ1) is 10.9. The first-order valence-electron chi connectivity index (χ1n) is 9.23. The maximum atomic E-state index is 13.0. The standard InChI is InChI=1S/C19H28O4/c1-18-4-2-12(21)6-11(18)7-16(23)17-14(18)3-5-19(10-20)9-13(22)8-15(17)19/h11,13-15,17,20,22H,2-10H2,1H3. The highest BCUT2D eigenvalue weighted by Gasteiger charge is 2.62. The zero-order chi connectivity index (χ0) is 16.4. The minimum absolute atomic E-state index is 0.0116. The summed E-state index contributed by atoms with van der Waals surface area (Å²) in [7, 11) is 0. The molecule has 0 aromatic carbocycles. The van der Waals surface area contributed by atoms with Crippen molar-refractivity contribution in [1.29, 1.82) is 0 Å². The van der Waals surface area contributed by atoms with E-state index in [0.717, 1.165) is 19.3 Å². The van der Waals surface area contributed by atoms with E-state index in [4.69, 9.17) is 0 Å². The Morgan fingerprint density at radius 1 is 1.17 bits per heavy atom. The summed E-state index contributed by atoms with van der Waals surface area (Å²) in [5, 5.41) is 20.2. The average molecular weight is 320 g/mol. The van der Waals surface area contributed by atoms with Crippen LogP contribution in [0.4, 0.5) is 0 Å². The Balaban J connectivity index is 1.70. The SMILES string of the molecule is CC12CCC(=O)CC1CC(=O)C1C3CC(O)CC3(CO)CCC12. The van der Waals surface area contributed by atoms with Crippen LogP contribution in [0.25, 0.3) is 0 Å². The molecule has 4 heteroatoms. The lowest BCUT2D eigenvalue weighted by atomic mass is 9.45. The maximum absolute atomic E-state index is 13.0. The molecule has 7 unspecified atom stereocenters. The summed E-state index contributed by atoms with van der Waals surface area (Å²) >= 11 is 0. The fourth-order valence-electron chi connectivity index (χ4n) is 6.81. The Kier molecular flexibility index (Phi) is 3.51. The number of aliphatic hydroxyl groups is 2. The van der Waals surface area contributed by atoms with Gasteiger partial charge in [-0.15, -0.1) is 0 Å². The molecule has 4 rings (SSSR count). The Bertz CT molecular complexity index is 543.